The fourth-order valence-electron chi connectivity index (χ4n) is 2.56. The van der Waals surface area contributed by atoms with Crippen molar-refractivity contribution in [3.8, 4) is 0 Å². The highest BCUT2D eigenvalue weighted by Gasteiger charge is 2.37. The first kappa shape index (κ1) is 10.4. The van der Waals surface area contributed by atoms with Gasteiger partial charge in [-0.05, 0) is 33.1 Å². The first-order valence-corrected chi connectivity index (χ1v) is 6.00. The van der Waals surface area contributed by atoms with Crippen LogP contribution in [-0.2, 0) is 4.74 Å². The molecule has 0 amide bonds. The van der Waals surface area contributed by atoms with Crippen molar-refractivity contribution in [1.82, 2.24) is 5.32 Å². The van der Waals surface area contributed by atoms with Crippen LogP contribution in [0.3, 0.4) is 0 Å². The van der Waals surface area contributed by atoms with Crippen LogP contribution >= 0.6 is 0 Å². The summed E-state index contributed by atoms with van der Waals surface area (Å²) in [6.07, 6.45) is 5.87. The highest BCUT2D eigenvalue weighted by Crippen LogP contribution is 2.36. The van der Waals surface area contributed by atoms with Crippen molar-refractivity contribution >= 4 is 0 Å². The Kier molecular flexibility index (Phi) is 2.85. The van der Waals surface area contributed by atoms with Crippen LogP contribution in [0.1, 0.15) is 46.5 Å². The Morgan fingerprint density at radius 3 is 2.57 bits per heavy atom. The van der Waals surface area contributed by atoms with Gasteiger partial charge in [0.1, 0.15) is 0 Å². The van der Waals surface area contributed by atoms with Crippen LogP contribution in [0.15, 0.2) is 0 Å². The number of ether oxygens (including phenoxy) is 1. The van der Waals surface area contributed by atoms with Gasteiger partial charge in [-0.15, -0.1) is 0 Å². The lowest BCUT2D eigenvalue weighted by Crippen LogP contribution is -2.56. The zero-order chi connectivity index (χ0) is 10.2. The summed E-state index contributed by atoms with van der Waals surface area (Å²) >= 11 is 0. The summed E-state index contributed by atoms with van der Waals surface area (Å²) in [5, 5.41) is 3.55. The van der Waals surface area contributed by atoms with Crippen LogP contribution in [0.5, 0.6) is 0 Å². The van der Waals surface area contributed by atoms with Gasteiger partial charge < -0.3 is 10.1 Å². The molecule has 1 aliphatic carbocycles. The Balaban J connectivity index is 1.88. The average Bonchev–Trinajstić information content (AvgIpc) is 2.06. The number of hydrogen-bond acceptors (Lipinski definition) is 2. The normalized spacial score (nSPS) is 44.8. The molecule has 0 bridgehead atoms. The molecule has 1 heterocycles. The largest absolute Gasteiger partial charge is 0.369 e. The van der Waals surface area contributed by atoms with Gasteiger partial charge in [0.15, 0.2) is 0 Å². The standard InChI is InChI=1S/C12H23NO/c1-9-10(2)14-12(3,8-13-9)7-11-5-4-6-11/h9-11,13H,4-8H2,1-3H3. The summed E-state index contributed by atoms with van der Waals surface area (Å²) in [5.74, 6) is 0.933. The Bertz CT molecular complexity index is 198. The van der Waals surface area contributed by atoms with Crippen LogP contribution in [0.4, 0.5) is 0 Å². The lowest BCUT2D eigenvalue weighted by molar-refractivity contribution is -0.129. The lowest BCUT2D eigenvalue weighted by Gasteiger charge is -2.44. The van der Waals surface area contributed by atoms with Crippen LogP contribution < -0.4 is 5.32 Å². The Labute approximate surface area is 87.4 Å². The van der Waals surface area contributed by atoms with Crippen molar-refractivity contribution in [1.29, 1.82) is 0 Å². The molecule has 14 heavy (non-hydrogen) atoms. The van der Waals surface area contributed by atoms with E-state index in [1.165, 1.54) is 25.7 Å². The van der Waals surface area contributed by atoms with E-state index in [-0.39, 0.29) is 5.60 Å². The molecule has 1 saturated heterocycles. The van der Waals surface area contributed by atoms with Gasteiger partial charge in [0.05, 0.1) is 11.7 Å². The van der Waals surface area contributed by atoms with E-state index < -0.39 is 0 Å². The van der Waals surface area contributed by atoms with Gasteiger partial charge in [0.25, 0.3) is 0 Å². The van der Waals surface area contributed by atoms with Gasteiger partial charge in [-0.2, -0.15) is 0 Å². The Morgan fingerprint density at radius 1 is 1.36 bits per heavy atom. The fraction of sp³-hybridized carbons (Fsp3) is 1.00. The molecule has 2 nitrogen and oxygen atoms in total. The molecular weight excluding hydrogens is 174 g/mol. The van der Waals surface area contributed by atoms with E-state index in [0.29, 0.717) is 12.1 Å². The third-order valence-corrected chi connectivity index (χ3v) is 3.92. The second-order valence-corrected chi connectivity index (χ2v) is 5.44. The predicted octanol–water partition coefficient (Wildman–Crippen LogP) is 2.33. The average molecular weight is 197 g/mol. The van der Waals surface area contributed by atoms with Crippen molar-refractivity contribution in [3.05, 3.63) is 0 Å². The SMILES string of the molecule is CC1NCC(C)(CC2CCC2)OC1C. The zero-order valence-corrected chi connectivity index (χ0v) is 9.68. The monoisotopic (exact) mass is 197 g/mol. The smallest absolute Gasteiger partial charge is 0.0785 e. The van der Waals surface area contributed by atoms with Gasteiger partial charge in [0.2, 0.25) is 0 Å². The minimum absolute atomic E-state index is 0.0943. The number of nitrogens with one attached hydrogen (secondary N) is 1. The third kappa shape index (κ3) is 2.12. The highest BCUT2D eigenvalue weighted by molar-refractivity contribution is 4.91. The third-order valence-electron chi connectivity index (χ3n) is 3.92. The van der Waals surface area contributed by atoms with Gasteiger partial charge in [-0.1, -0.05) is 19.3 Å². The van der Waals surface area contributed by atoms with Gasteiger partial charge >= 0.3 is 0 Å². The topological polar surface area (TPSA) is 21.3 Å². The zero-order valence-electron chi connectivity index (χ0n) is 9.68. The van der Waals surface area contributed by atoms with Crippen molar-refractivity contribution < 1.29 is 4.74 Å². The molecule has 3 atom stereocenters. The fourth-order valence-corrected chi connectivity index (χ4v) is 2.56. The van der Waals surface area contributed by atoms with Crippen molar-refractivity contribution in [2.75, 3.05) is 6.54 Å². The second kappa shape index (κ2) is 3.82. The minimum Gasteiger partial charge on any atom is -0.369 e. The summed E-state index contributed by atoms with van der Waals surface area (Å²) in [6, 6.07) is 0.504. The second-order valence-electron chi connectivity index (χ2n) is 5.44. The van der Waals surface area contributed by atoms with E-state index in [4.69, 9.17) is 4.74 Å². The molecule has 1 N–H and O–H groups in total. The first-order valence-electron chi connectivity index (χ1n) is 6.00. The summed E-state index contributed by atoms with van der Waals surface area (Å²) in [5.41, 5.74) is 0.0943. The quantitative estimate of drug-likeness (QED) is 0.733. The van der Waals surface area contributed by atoms with Gasteiger partial charge in [-0.25, -0.2) is 0 Å². The number of hydrogen-bond donors (Lipinski definition) is 1. The van der Waals surface area contributed by atoms with Gasteiger partial charge in [-0.3, -0.25) is 0 Å². The van der Waals surface area contributed by atoms with E-state index in [1.54, 1.807) is 0 Å². The molecule has 0 spiro atoms. The van der Waals surface area contributed by atoms with Crippen LogP contribution in [0, 0.1) is 5.92 Å². The highest BCUT2D eigenvalue weighted by atomic mass is 16.5. The number of rotatable bonds is 2. The van der Waals surface area contributed by atoms with E-state index in [2.05, 4.69) is 26.1 Å². The molecule has 1 aliphatic heterocycles. The molecule has 0 aromatic carbocycles. The molecule has 0 aromatic heterocycles. The van der Waals surface area contributed by atoms with Crippen molar-refractivity contribution in [2.24, 2.45) is 5.92 Å². The molecule has 2 heteroatoms. The van der Waals surface area contributed by atoms with Crippen molar-refractivity contribution in [2.45, 2.75) is 64.2 Å². The first-order chi connectivity index (χ1) is 6.59. The number of morpholine rings is 1. The Hall–Kier alpha value is -0.0800. The lowest BCUT2D eigenvalue weighted by atomic mass is 9.77. The van der Waals surface area contributed by atoms with E-state index >= 15 is 0 Å². The predicted molar refractivity (Wildman–Crippen MR) is 58.4 cm³/mol. The maximum atomic E-state index is 6.13. The maximum Gasteiger partial charge on any atom is 0.0785 e. The van der Waals surface area contributed by atoms with E-state index in [9.17, 15) is 0 Å². The Morgan fingerprint density at radius 2 is 2.07 bits per heavy atom. The molecule has 0 aromatic rings. The van der Waals surface area contributed by atoms with Crippen LogP contribution in [0.2, 0.25) is 0 Å². The maximum absolute atomic E-state index is 6.13. The molecule has 2 rings (SSSR count). The molecule has 0 radical (unpaired) electrons. The molecular formula is C12H23NO. The van der Waals surface area contributed by atoms with Crippen LogP contribution in [0.25, 0.3) is 0 Å². The summed E-state index contributed by atoms with van der Waals surface area (Å²) in [4.78, 5) is 0. The minimum atomic E-state index is 0.0943. The molecule has 2 fully saturated rings. The molecule has 2 aliphatic rings. The van der Waals surface area contributed by atoms with Crippen molar-refractivity contribution in [3.63, 3.8) is 0 Å². The van der Waals surface area contributed by atoms with E-state index in [1.807, 2.05) is 0 Å². The van der Waals surface area contributed by atoms with Crippen LogP contribution in [-0.4, -0.2) is 24.3 Å². The summed E-state index contributed by atoms with van der Waals surface area (Å²) in [6.45, 7) is 7.67. The summed E-state index contributed by atoms with van der Waals surface area (Å²) < 4.78 is 6.13. The molecule has 82 valence electrons. The molecule has 3 unspecified atom stereocenters. The van der Waals surface area contributed by atoms with Gasteiger partial charge in [0, 0.05) is 12.6 Å². The molecule has 1 saturated carbocycles. The van der Waals surface area contributed by atoms with E-state index in [0.717, 1.165) is 12.5 Å². The summed E-state index contributed by atoms with van der Waals surface area (Å²) in [7, 11) is 0.